The van der Waals surface area contributed by atoms with Gasteiger partial charge in [-0.1, -0.05) is 27.7 Å². The fourth-order valence-electron chi connectivity index (χ4n) is 3.75. The topological polar surface area (TPSA) is 66.4 Å². The minimum atomic E-state index is -0.678. The average Bonchev–Trinajstić information content (AvgIpc) is 2.60. The molecular weight excluding hydrogens is 336 g/mol. The molecule has 6 heteroatoms. The second-order valence-corrected chi connectivity index (χ2v) is 7.86. The summed E-state index contributed by atoms with van der Waals surface area (Å²) >= 11 is 0. The molecular formula is C20H40O6. The first kappa shape index (κ1) is 23.8. The SMILES string of the molecule is CCOCO[C@@H](C(C)C)[C@@H](C)[C@@H](CC)O[C@H]1C[C@@](C)(OC)[C@@H](O)[C@H](C)O1. The van der Waals surface area contributed by atoms with E-state index in [9.17, 15) is 5.11 Å². The van der Waals surface area contributed by atoms with Crippen molar-refractivity contribution in [3.63, 3.8) is 0 Å². The molecule has 0 aromatic heterocycles. The third-order valence-electron chi connectivity index (χ3n) is 5.51. The van der Waals surface area contributed by atoms with Gasteiger partial charge in [-0.05, 0) is 33.1 Å². The van der Waals surface area contributed by atoms with Crippen molar-refractivity contribution < 1.29 is 28.8 Å². The maximum absolute atomic E-state index is 10.4. The van der Waals surface area contributed by atoms with E-state index in [0.29, 0.717) is 25.7 Å². The van der Waals surface area contributed by atoms with E-state index < -0.39 is 18.0 Å². The second-order valence-electron chi connectivity index (χ2n) is 7.86. The molecule has 1 heterocycles. The molecule has 1 rings (SSSR count). The number of ether oxygens (including phenoxy) is 5. The maximum atomic E-state index is 10.4. The number of rotatable bonds is 11. The van der Waals surface area contributed by atoms with Crippen molar-refractivity contribution in [3.8, 4) is 0 Å². The van der Waals surface area contributed by atoms with Crippen LogP contribution in [-0.4, -0.2) is 61.9 Å². The molecule has 6 nitrogen and oxygen atoms in total. The molecule has 156 valence electrons. The van der Waals surface area contributed by atoms with Gasteiger partial charge < -0.3 is 28.8 Å². The van der Waals surface area contributed by atoms with Gasteiger partial charge in [-0.25, -0.2) is 0 Å². The van der Waals surface area contributed by atoms with Crippen LogP contribution < -0.4 is 0 Å². The van der Waals surface area contributed by atoms with E-state index in [0.717, 1.165) is 6.42 Å². The Morgan fingerprint density at radius 1 is 1.23 bits per heavy atom. The molecule has 7 atom stereocenters. The van der Waals surface area contributed by atoms with E-state index in [-0.39, 0.29) is 24.2 Å². The van der Waals surface area contributed by atoms with Crippen molar-refractivity contribution in [2.75, 3.05) is 20.5 Å². The zero-order chi connectivity index (χ0) is 19.9. The van der Waals surface area contributed by atoms with Crippen molar-refractivity contribution in [3.05, 3.63) is 0 Å². The lowest BCUT2D eigenvalue weighted by atomic mass is 9.87. The molecule has 0 aromatic carbocycles. The number of aliphatic hydroxyl groups is 1. The van der Waals surface area contributed by atoms with Crippen LogP contribution in [-0.2, 0) is 23.7 Å². The van der Waals surface area contributed by atoms with Gasteiger partial charge >= 0.3 is 0 Å². The minimum Gasteiger partial charge on any atom is -0.387 e. The average molecular weight is 377 g/mol. The number of methoxy groups -OCH3 is 1. The molecule has 0 radical (unpaired) electrons. The molecule has 0 aliphatic carbocycles. The zero-order valence-electron chi connectivity index (χ0n) is 17.9. The molecule has 1 fully saturated rings. The molecule has 0 saturated carbocycles. The van der Waals surface area contributed by atoms with E-state index in [1.807, 2.05) is 20.8 Å². The molecule has 1 aliphatic heterocycles. The predicted molar refractivity (Wildman–Crippen MR) is 101 cm³/mol. The number of hydrogen-bond acceptors (Lipinski definition) is 6. The fourth-order valence-corrected chi connectivity index (χ4v) is 3.75. The van der Waals surface area contributed by atoms with Crippen molar-refractivity contribution >= 4 is 0 Å². The summed E-state index contributed by atoms with van der Waals surface area (Å²) in [5.74, 6) is 0.528. The Kier molecular flexibility index (Phi) is 10.0. The molecule has 0 bridgehead atoms. The van der Waals surface area contributed by atoms with Crippen LogP contribution in [0.15, 0.2) is 0 Å². The third kappa shape index (κ3) is 6.14. The molecule has 1 saturated heterocycles. The quantitative estimate of drug-likeness (QED) is 0.441. The second kappa shape index (κ2) is 10.9. The lowest BCUT2D eigenvalue weighted by molar-refractivity contribution is -0.295. The molecule has 0 spiro atoms. The zero-order valence-corrected chi connectivity index (χ0v) is 17.9. The van der Waals surface area contributed by atoms with Crippen molar-refractivity contribution in [2.45, 2.75) is 97.6 Å². The summed E-state index contributed by atoms with van der Waals surface area (Å²) in [6.07, 6.45) is -0.0768. The van der Waals surface area contributed by atoms with Gasteiger partial charge in [-0.15, -0.1) is 0 Å². The van der Waals surface area contributed by atoms with Crippen LogP contribution in [0.3, 0.4) is 0 Å². The van der Waals surface area contributed by atoms with Crippen LogP contribution in [0.5, 0.6) is 0 Å². The van der Waals surface area contributed by atoms with Gasteiger partial charge in [0.05, 0.1) is 23.9 Å². The van der Waals surface area contributed by atoms with E-state index >= 15 is 0 Å². The van der Waals surface area contributed by atoms with Crippen LogP contribution in [0.4, 0.5) is 0 Å². The molecule has 0 aromatic rings. The van der Waals surface area contributed by atoms with E-state index in [1.165, 1.54) is 0 Å². The van der Waals surface area contributed by atoms with Crippen LogP contribution in [0.1, 0.15) is 61.3 Å². The van der Waals surface area contributed by atoms with E-state index in [1.54, 1.807) is 7.11 Å². The molecule has 26 heavy (non-hydrogen) atoms. The van der Waals surface area contributed by atoms with Gasteiger partial charge in [0.2, 0.25) is 0 Å². The van der Waals surface area contributed by atoms with Gasteiger partial charge in [-0.2, -0.15) is 0 Å². The van der Waals surface area contributed by atoms with Crippen molar-refractivity contribution in [1.82, 2.24) is 0 Å². The van der Waals surface area contributed by atoms with Gasteiger partial charge in [0.25, 0.3) is 0 Å². The standard InChI is InChI=1S/C20H40O6/c1-9-16(14(5)18(13(3)4)24-12-23-10-2)26-17-11-20(7,22-8)19(21)15(6)25-17/h13-19,21H,9-12H2,1-8H3/t14-,15-,16+,17-,18-,19-,20+/m0/s1. The summed E-state index contributed by atoms with van der Waals surface area (Å²) < 4.78 is 29.1. The summed E-state index contributed by atoms with van der Waals surface area (Å²) in [5.41, 5.74) is -0.674. The highest BCUT2D eigenvalue weighted by Crippen LogP contribution is 2.34. The van der Waals surface area contributed by atoms with Gasteiger partial charge in [-0.3, -0.25) is 0 Å². The molecule has 1 aliphatic rings. The highest BCUT2D eigenvalue weighted by atomic mass is 16.7. The Morgan fingerprint density at radius 3 is 2.38 bits per heavy atom. The highest BCUT2D eigenvalue weighted by molar-refractivity contribution is 4.93. The van der Waals surface area contributed by atoms with E-state index in [2.05, 4.69) is 27.7 Å². The summed E-state index contributed by atoms with van der Waals surface area (Å²) in [4.78, 5) is 0. The normalized spacial score (nSPS) is 33.2. The van der Waals surface area contributed by atoms with Gasteiger partial charge in [0.1, 0.15) is 12.9 Å². The summed E-state index contributed by atoms with van der Waals surface area (Å²) in [6, 6.07) is 0. The van der Waals surface area contributed by atoms with Crippen LogP contribution >= 0.6 is 0 Å². The third-order valence-corrected chi connectivity index (χ3v) is 5.51. The highest BCUT2D eigenvalue weighted by Gasteiger charge is 2.46. The Morgan fingerprint density at radius 2 is 1.88 bits per heavy atom. The first-order chi connectivity index (χ1) is 12.2. The number of aliphatic hydroxyl groups excluding tert-OH is 1. The van der Waals surface area contributed by atoms with Crippen molar-refractivity contribution in [2.24, 2.45) is 11.8 Å². The van der Waals surface area contributed by atoms with Crippen molar-refractivity contribution in [1.29, 1.82) is 0 Å². The Balaban J connectivity index is 2.77. The minimum absolute atomic E-state index is 0.0161. The lowest BCUT2D eigenvalue weighted by Crippen LogP contribution is -2.57. The Labute approximate surface area is 159 Å². The predicted octanol–water partition coefficient (Wildman–Crippen LogP) is 3.35. The van der Waals surface area contributed by atoms with Crippen LogP contribution in [0, 0.1) is 11.8 Å². The molecule has 1 N–H and O–H groups in total. The van der Waals surface area contributed by atoms with Crippen LogP contribution in [0.25, 0.3) is 0 Å². The first-order valence-electron chi connectivity index (χ1n) is 9.93. The van der Waals surface area contributed by atoms with Crippen LogP contribution in [0.2, 0.25) is 0 Å². The Hall–Kier alpha value is -0.240. The van der Waals surface area contributed by atoms with E-state index in [4.69, 9.17) is 23.7 Å². The Bertz CT molecular complexity index is 390. The summed E-state index contributed by atoms with van der Waals surface area (Å²) in [5, 5.41) is 10.4. The summed E-state index contributed by atoms with van der Waals surface area (Å²) in [6.45, 7) is 15.2. The van der Waals surface area contributed by atoms with Gasteiger partial charge in [0.15, 0.2) is 6.29 Å². The maximum Gasteiger partial charge on any atom is 0.161 e. The first-order valence-corrected chi connectivity index (χ1v) is 9.93. The smallest absolute Gasteiger partial charge is 0.161 e. The largest absolute Gasteiger partial charge is 0.387 e. The van der Waals surface area contributed by atoms with Gasteiger partial charge in [0, 0.05) is 26.1 Å². The monoisotopic (exact) mass is 376 g/mol. The fraction of sp³-hybridized carbons (Fsp3) is 1.00. The molecule has 0 unspecified atom stereocenters. The summed E-state index contributed by atoms with van der Waals surface area (Å²) in [7, 11) is 1.62. The lowest BCUT2D eigenvalue weighted by Gasteiger charge is -2.45. The number of hydrogen-bond donors (Lipinski definition) is 1. The molecule has 0 amide bonds.